The van der Waals surface area contributed by atoms with Crippen molar-refractivity contribution in [3.8, 4) is 6.07 Å². The third-order valence-electron chi connectivity index (χ3n) is 2.27. The van der Waals surface area contributed by atoms with E-state index in [-0.39, 0.29) is 0 Å². The normalized spacial score (nSPS) is 10.1. The summed E-state index contributed by atoms with van der Waals surface area (Å²) in [5.41, 5.74) is 1.78. The molecule has 0 atom stereocenters. The van der Waals surface area contributed by atoms with Crippen molar-refractivity contribution in [1.82, 2.24) is 0 Å². The summed E-state index contributed by atoms with van der Waals surface area (Å²) < 4.78 is 1.04. The average molecular weight is 246 g/mol. The van der Waals surface area contributed by atoms with Gasteiger partial charge in [0.25, 0.3) is 0 Å². The highest BCUT2D eigenvalue weighted by atomic mass is 79.9. The molecule has 0 unspecified atom stereocenters. The summed E-state index contributed by atoms with van der Waals surface area (Å²) in [6.07, 6.45) is 0. The molecule has 0 fully saturated rings. The largest absolute Gasteiger partial charge is 0.192 e. The second-order valence-corrected chi connectivity index (χ2v) is 4.19. The Kier molecular flexibility index (Phi) is 2.26. The minimum atomic E-state index is 0.746. The molecular weight excluding hydrogens is 238 g/mol. The van der Waals surface area contributed by atoms with Gasteiger partial charge >= 0.3 is 0 Å². The van der Waals surface area contributed by atoms with E-state index in [2.05, 4.69) is 22.0 Å². The molecule has 0 spiro atoms. The van der Waals surface area contributed by atoms with E-state index >= 15 is 0 Å². The van der Waals surface area contributed by atoms with Crippen LogP contribution in [0.4, 0.5) is 0 Å². The predicted octanol–water partition coefficient (Wildman–Crippen LogP) is 3.78. The number of nitriles is 1. The van der Waals surface area contributed by atoms with E-state index in [0.717, 1.165) is 21.0 Å². The van der Waals surface area contributed by atoms with Crippen LogP contribution in [0.3, 0.4) is 0 Å². The van der Waals surface area contributed by atoms with E-state index in [9.17, 15) is 0 Å². The zero-order chi connectivity index (χ0) is 10.1. The van der Waals surface area contributed by atoms with Crippen molar-refractivity contribution in [2.75, 3.05) is 0 Å². The van der Waals surface area contributed by atoms with E-state index in [4.69, 9.17) is 5.26 Å². The summed E-state index contributed by atoms with van der Waals surface area (Å²) >= 11 is 3.41. The second kappa shape index (κ2) is 3.43. The fraction of sp³-hybridized carbons (Fsp3) is 0.0833. The van der Waals surface area contributed by atoms with Crippen LogP contribution >= 0.6 is 15.9 Å². The van der Waals surface area contributed by atoms with Gasteiger partial charge in [0.05, 0.1) is 11.6 Å². The van der Waals surface area contributed by atoms with Crippen LogP contribution in [0.1, 0.15) is 11.1 Å². The van der Waals surface area contributed by atoms with Crippen molar-refractivity contribution in [3.63, 3.8) is 0 Å². The summed E-state index contributed by atoms with van der Waals surface area (Å²) in [7, 11) is 0. The first kappa shape index (κ1) is 9.23. The van der Waals surface area contributed by atoms with Gasteiger partial charge in [-0.1, -0.05) is 28.1 Å². The number of halogens is 1. The summed E-state index contributed by atoms with van der Waals surface area (Å²) in [6, 6.07) is 12.2. The molecule has 0 bridgehead atoms. The molecule has 0 saturated carbocycles. The van der Waals surface area contributed by atoms with Gasteiger partial charge in [0.1, 0.15) is 0 Å². The Hall–Kier alpha value is -1.33. The van der Waals surface area contributed by atoms with Crippen molar-refractivity contribution >= 4 is 26.7 Å². The Bertz CT molecular complexity index is 538. The van der Waals surface area contributed by atoms with Gasteiger partial charge in [-0.2, -0.15) is 5.26 Å². The van der Waals surface area contributed by atoms with E-state index < -0.39 is 0 Å². The summed E-state index contributed by atoms with van der Waals surface area (Å²) in [6.45, 7) is 1.96. The van der Waals surface area contributed by atoms with E-state index in [1.807, 2.05) is 37.3 Å². The van der Waals surface area contributed by atoms with E-state index in [1.54, 1.807) is 0 Å². The zero-order valence-electron chi connectivity index (χ0n) is 7.71. The summed E-state index contributed by atoms with van der Waals surface area (Å²) in [5.74, 6) is 0. The van der Waals surface area contributed by atoms with Crippen LogP contribution in [0.2, 0.25) is 0 Å². The number of hydrogen-bond donors (Lipinski definition) is 0. The van der Waals surface area contributed by atoms with Crippen LogP contribution in [0.15, 0.2) is 34.8 Å². The first-order chi connectivity index (χ1) is 6.70. The van der Waals surface area contributed by atoms with Crippen LogP contribution in [0.25, 0.3) is 10.8 Å². The van der Waals surface area contributed by atoms with Gasteiger partial charge in [-0.05, 0) is 41.5 Å². The highest BCUT2D eigenvalue weighted by Crippen LogP contribution is 2.22. The lowest BCUT2D eigenvalue weighted by Crippen LogP contribution is -1.83. The highest BCUT2D eigenvalue weighted by Gasteiger charge is 2.00. The van der Waals surface area contributed by atoms with Gasteiger partial charge < -0.3 is 0 Å². The molecule has 0 radical (unpaired) electrons. The van der Waals surface area contributed by atoms with Gasteiger partial charge in [0.2, 0.25) is 0 Å². The third-order valence-corrected chi connectivity index (χ3v) is 2.76. The van der Waals surface area contributed by atoms with Gasteiger partial charge in [-0.25, -0.2) is 0 Å². The molecule has 0 heterocycles. The van der Waals surface area contributed by atoms with Crippen LogP contribution in [0, 0.1) is 18.3 Å². The van der Waals surface area contributed by atoms with Crippen molar-refractivity contribution in [3.05, 3.63) is 45.9 Å². The fourth-order valence-corrected chi connectivity index (χ4v) is 1.88. The van der Waals surface area contributed by atoms with Crippen molar-refractivity contribution in [2.24, 2.45) is 0 Å². The first-order valence-electron chi connectivity index (χ1n) is 4.31. The Labute approximate surface area is 91.1 Å². The second-order valence-electron chi connectivity index (χ2n) is 3.27. The monoisotopic (exact) mass is 245 g/mol. The lowest BCUT2D eigenvalue weighted by atomic mass is 10.0. The number of rotatable bonds is 0. The summed E-state index contributed by atoms with van der Waals surface area (Å²) in [5, 5.41) is 11.2. The highest BCUT2D eigenvalue weighted by molar-refractivity contribution is 9.10. The SMILES string of the molecule is Cc1cc2ccc(Br)cc2cc1C#N. The maximum Gasteiger partial charge on any atom is 0.0994 e. The minimum absolute atomic E-state index is 0.746. The zero-order valence-corrected chi connectivity index (χ0v) is 9.30. The van der Waals surface area contributed by atoms with Gasteiger partial charge in [-0.3, -0.25) is 0 Å². The molecule has 1 nitrogen and oxygen atoms in total. The Morgan fingerprint density at radius 3 is 2.64 bits per heavy atom. The third kappa shape index (κ3) is 1.51. The van der Waals surface area contributed by atoms with Crippen LogP contribution < -0.4 is 0 Å². The Morgan fingerprint density at radius 2 is 1.93 bits per heavy atom. The number of aryl methyl sites for hydroxylation is 1. The van der Waals surface area contributed by atoms with Crippen LogP contribution in [0.5, 0.6) is 0 Å². The first-order valence-corrected chi connectivity index (χ1v) is 5.10. The van der Waals surface area contributed by atoms with Gasteiger partial charge in [0.15, 0.2) is 0 Å². The number of benzene rings is 2. The smallest absolute Gasteiger partial charge is 0.0994 e. The van der Waals surface area contributed by atoms with Crippen molar-refractivity contribution in [1.29, 1.82) is 5.26 Å². The van der Waals surface area contributed by atoms with Crippen LogP contribution in [-0.2, 0) is 0 Å². The van der Waals surface area contributed by atoms with Gasteiger partial charge in [-0.15, -0.1) is 0 Å². The Balaban J connectivity index is 2.82. The molecule has 68 valence electrons. The molecule has 0 aliphatic carbocycles. The topological polar surface area (TPSA) is 23.8 Å². The maximum atomic E-state index is 8.89. The summed E-state index contributed by atoms with van der Waals surface area (Å²) in [4.78, 5) is 0. The maximum absolute atomic E-state index is 8.89. The molecule has 0 aromatic heterocycles. The fourth-order valence-electron chi connectivity index (χ4n) is 1.50. The molecule has 2 aromatic carbocycles. The number of fused-ring (bicyclic) bond motifs is 1. The molecule has 0 aliphatic heterocycles. The van der Waals surface area contributed by atoms with Gasteiger partial charge in [0, 0.05) is 4.47 Å². The van der Waals surface area contributed by atoms with E-state index in [1.165, 1.54) is 5.39 Å². The quantitative estimate of drug-likeness (QED) is 0.693. The lowest BCUT2D eigenvalue weighted by Gasteiger charge is -2.02. The molecule has 2 heteroatoms. The predicted molar refractivity (Wildman–Crippen MR) is 61.1 cm³/mol. The molecule has 0 amide bonds. The van der Waals surface area contributed by atoms with Crippen molar-refractivity contribution in [2.45, 2.75) is 6.92 Å². The average Bonchev–Trinajstić information content (AvgIpc) is 2.17. The molecular formula is C12H8BrN. The molecule has 2 aromatic rings. The minimum Gasteiger partial charge on any atom is -0.192 e. The molecule has 0 aliphatic rings. The van der Waals surface area contributed by atoms with Crippen LogP contribution in [-0.4, -0.2) is 0 Å². The molecule has 0 N–H and O–H groups in total. The van der Waals surface area contributed by atoms with Crippen molar-refractivity contribution < 1.29 is 0 Å². The standard InChI is InChI=1S/C12H8BrN/c1-8-4-9-2-3-12(13)6-10(9)5-11(8)7-14/h2-6H,1H3. The number of hydrogen-bond acceptors (Lipinski definition) is 1. The Morgan fingerprint density at radius 1 is 1.14 bits per heavy atom. The number of nitrogens with zero attached hydrogens (tertiary/aromatic N) is 1. The lowest BCUT2D eigenvalue weighted by molar-refractivity contribution is 1.41. The van der Waals surface area contributed by atoms with E-state index in [0.29, 0.717) is 0 Å². The molecule has 0 saturated heterocycles. The molecule has 14 heavy (non-hydrogen) atoms. The molecule has 2 rings (SSSR count).